The van der Waals surface area contributed by atoms with Crippen molar-refractivity contribution < 1.29 is 13.3 Å². The van der Waals surface area contributed by atoms with Gasteiger partial charge in [0.15, 0.2) is 0 Å². The third-order valence-corrected chi connectivity index (χ3v) is 0.541. The van der Waals surface area contributed by atoms with Crippen LogP contribution in [0.3, 0.4) is 0 Å². The zero-order valence-corrected chi connectivity index (χ0v) is 4.08. The van der Waals surface area contributed by atoms with Gasteiger partial charge in [-0.3, -0.25) is 0 Å². The van der Waals surface area contributed by atoms with Crippen LogP contribution >= 0.6 is 0 Å². The first-order valence-corrected chi connectivity index (χ1v) is 1.72. The molecule has 0 aromatic rings. The van der Waals surface area contributed by atoms with Gasteiger partial charge in [-0.2, -0.15) is 8.78 Å². The van der Waals surface area contributed by atoms with Crippen LogP contribution in [0, 0.1) is 0 Å². The van der Waals surface area contributed by atoms with E-state index in [1.165, 1.54) is 0 Å². The van der Waals surface area contributed by atoms with E-state index < -0.39 is 11.2 Å². The van der Waals surface area contributed by atoms with Crippen molar-refractivity contribution in [2.24, 2.45) is 0 Å². The molecule has 0 aliphatic heterocycles. The van der Waals surface area contributed by atoms with Crippen molar-refractivity contribution in [3.05, 3.63) is 0 Å². The van der Waals surface area contributed by atoms with Gasteiger partial charge in [-0.25, -0.2) is 0 Å². The molecule has 0 amide bonds. The highest BCUT2D eigenvalue weighted by molar-refractivity contribution is 4.44. The largest absolute Gasteiger partial charge is 0.326 e. The van der Waals surface area contributed by atoms with Crippen LogP contribution in [0.5, 0.6) is 0 Å². The molecule has 0 fully saturated rings. The normalized spacial score (nSPS) is 12.9. The minimum Gasteiger partial charge on any atom is -0.186 e. The molecule has 0 saturated carbocycles. The summed E-state index contributed by atoms with van der Waals surface area (Å²) < 4.78 is 34.1. The van der Waals surface area contributed by atoms with Crippen LogP contribution in [-0.2, 0) is 0 Å². The van der Waals surface area contributed by atoms with Gasteiger partial charge in [0.25, 0.3) is 0 Å². The van der Waals surface area contributed by atoms with Gasteiger partial charge in [-0.15, -0.1) is 4.48 Å². The van der Waals surface area contributed by atoms with E-state index in [-0.39, 0.29) is 0 Å². The molecule has 1 nitrogen and oxygen atoms in total. The van der Waals surface area contributed by atoms with E-state index in [1.807, 2.05) is 0 Å². The zero-order chi connectivity index (χ0) is 6.08. The molecule has 0 aliphatic rings. The van der Waals surface area contributed by atoms with Gasteiger partial charge >= 0.3 is 6.05 Å². The summed E-state index contributed by atoms with van der Waals surface area (Å²) in [5.74, 6) is 0. The predicted molar refractivity (Wildman–Crippen MR) is 19.5 cm³/mol. The zero-order valence-electron chi connectivity index (χ0n) is 4.08. The topological polar surface area (TPSA) is 3.24 Å². The molecule has 0 N–H and O–H groups in total. The van der Waals surface area contributed by atoms with Crippen LogP contribution in [0.15, 0.2) is 0 Å². The van der Waals surface area contributed by atoms with Gasteiger partial charge in [0.05, 0.1) is 0 Å². The van der Waals surface area contributed by atoms with Gasteiger partial charge in [0.2, 0.25) is 0 Å². The summed E-state index contributed by atoms with van der Waals surface area (Å²) in [6.07, 6.45) is 0. The Balaban J connectivity index is 3.54. The predicted octanol–water partition coefficient (Wildman–Crippen LogP) is 1.42. The fraction of sp³-hybridized carbons (Fsp3) is 1.00. The fourth-order valence-electron chi connectivity index (χ4n) is 0. The highest BCUT2D eigenvalue weighted by Gasteiger charge is 2.27. The summed E-state index contributed by atoms with van der Waals surface area (Å²) in [5, 5.41) is -0.646. The second kappa shape index (κ2) is 1.69. The maximum absolute atomic E-state index is 11.4. The summed E-state index contributed by atoms with van der Waals surface area (Å²) in [4.78, 5) is 0. The summed E-state index contributed by atoms with van der Waals surface area (Å²) in [6.45, 7) is 0.479. The smallest absolute Gasteiger partial charge is 0.186 e. The first kappa shape index (κ1) is 6.75. The van der Waals surface area contributed by atoms with Crippen LogP contribution in [0.1, 0.15) is 6.92 Å². The average molecular weight is 113 g/mol. The molecule has 0 saturated heterocycles. The van der Waals surface area contributed by atoms with Crippen LogP contribution in [0.25, 0.3) is 0 Å². The van der Waals surface area contributed by atoms with Gasteiger partial charge in [-0.05, 0) is 0 Å². The lowest BCUT2D eigenvalue weighted by atomic mass is 10.6. The lowest BCUT2D eigenvalue weighted by Crippen LogP contribution is -2.27. The molecule has 0 atom stereocenters. The lowest BCUT2D eigenvalue weighted by molar-refractivity contribution is -0.208. The Hall–Kier alpha value is -0.250. The fourth-order valence-corrected chi connectivity index (χ4v) is 0. The monoisotopic (exact) mass is 113 g/mol. The SMILES string of the molecule is CN(F)C(C)(F)F. The molecule has 0 spiro atoms. The van der Waals surface area contributed by atoms with Crippen molar-refractivity contribution in [1.82, 2.24) is 5.12 Å². The van der Waals surface area contributed by atoms with E-state index in [1.54, 1.807) is 0 Å². The van der Waals surface area contributed by atoms with E-state index in [0.29, 0.717) is 14.0 Å². The Labute approximate surface area is 39.7 Å². The average Bonchev–Trinajstić information content (AvgIpc) is 1.31. The Morgan fingerprint density at radius 2 is 1.57 bits per heavy atom. The van der Waals surface area contributed by atoms with Gasteiger partial charge < -0.3 is 0 Å². The summed E-state index contributed by atoms with van der Waals surface area (Å²) in [6, 6.07) is -3.33. The van der Waals surface area contributed by atoms with Crippen LogP contribution in [0.2, 0.25) is 0 Å². The first-order valence-electron chi connectivity index (χ1n) is 1.72. The molecule has 0 aromatic carbocycles. The van der Waals surface area contributed by atoms with Crippen molar-refractivity contribution in [2.75, 3.05) is 7.05 Å². The molecule has 4 heteroatoms. The van der Waals surface area contributed by atoms with Crippen molar-refractivity contribution in [3.8, 4) is 0 Å². The van der Waals surface area contributed by atoms with Crippen molar-refractivity contribution >= 4 is 0 Å². The van der Waals surface area contributed by atoms with Crippen molar-refractivity contribution in [3.63, 3.8) is 0 Å². The lowest BCUT2D eigenvalue weighted by Gasteiger charge is -2.12. The molecule has 0 rings (SSSR count). The molecular formula is C3H6F3N. The van der Waals surface area contributed by atoms with Gasteiger partial charge in [-0.1, -0.05) is 5.12 Å². The van der Waals surface area contributed by atoms with Crippen molar-refractivity contribution in [1.29, 1.82) is 0 Å². The Bertz CT molecular complexity index is 55.7. The third kappa shape index (κ3) is 2.45. The number of hydrogen-bond donors (Lipinski definition) is 0. The molecule has 0 aromatic heterocycles. The molecule has 44 valence electrons. The van der Waals surface area contributed by atoms with Crippen LogP contribution in [-0.4, -0.2) is 18.2 Å². The number of rotatable bonds is 1. The first-order chi connectivity index (χ1) is 2.94. The Morgan fingerprint density at radius 1 is 1.43 bits per heavy atom. The molecule has 0 bridgehead atoms. The second-order valence-corrected chi connectivity index (χ2v) is 1.32. The summed E-state index contributed by atoms with van der Waals surface area (Å²) >= 11 is 0. The summed E-state index contributed by atoms with van der Waals surface area (Å²) in [5.41, 5.74) is 0. The standard InChI is InChI=1S/C3H6F3N/c1-3(4,5)7(2)6/h1-2H3. The molecular weight excluding hydrogens is 107 g/mol. The highest BCUT2D eigenvalue weighted by atomic mass is 19.3. The minimum atomic E-state index is -3.33. The number of hydrogen-bond acceptors (Lipinski definition) is 1. The number of nitrogens with zero attached hydrogens (tertiary/aromatic N) is 1. The van der Waals surface area contributed by atoms with E-state index in [2.05, 4.69) is 0 Å². The highest BCUT2D eigenvalue weighted by Crippen LogP contribution is 2.15. The molecule has 0 heterocycles. The molecule has 0 aliphatic carbocycles. The maximum Gasteiger partial charge on any atom is 0.326 e. The van der Waals surface area contributed by atoms with Gasteiger partial charge in [0.1, 0.15) is 0 Å². The molecule has 0 unspecified atom stereocenters. The minimum absolute atomic E-state index is 0.479. The van der Waals surface area contributed by atoms with Crippen LogP contribution in [0.4, 0.5) is 13.3 Å². The van der Waals surface area contributed by atoms with E-state index >= 15 is 0 Å². The second-order valence-electron chi connectivity index (χ2n) is 1.32. The molecule has 0 radical (unpaired) electrons. The Kier molecular flexibility index (Phi) is 1.63. The quantitative estimate of drug-likeness (QED) is 0.367. The number of alkyl halides is 2. The van der Waals surface area contributed by atoms with E-state index in [9.17, 15) is 13.3 Å². The van der Waals surface area contributed by atoms with E-state index in [4.69, 9.17) is 0 Å². The maximum atomic E-state index is 11.4. The number of halogens is 3. The van der Waals surface area contributed by atoms with E-state index in [0.717, 1.165) is 0 Å². The third-order valence-electron chi connectivity index (χ3n) is 0.541. The van der Waals surface area contributed by atoms with Gasteiger partial charge in [0, 0.05) is 14.0 Å². The van der Waals surface area contributed by atoms with Crippen molar-refractivity contribution in [2.45, 2.75) is 13.0 Å². The Morgan fingerprint density at radius 3 is 1.57 bits per heavy atom. The molecule has 7 heavy (non-hydrogen) atoms. The van der Waals surface area contributed by atoms with Crippen LogP contribution < -0.4 is 0 Å². The summed E-state index contributed by atoms with van der Waals surface area (Å²) in [7, 11) is 0.667.